The Hall–Kier alpha value is -1.60. The first-order valence-corrected chi connectivity index (χ1v) is 5.02. The van der Waals surface area contributed by atoms with Crippen LogP contribution in [-0.2, 0) is 0 Å². The van der Waals surface area contributed by atoms with Crippen molar-refractivity contribution in [1.82, 2.24) is 4.98 Å². The van der Waals surface area contributed by atoms with Crippen LogP contribution in [0.25, 0.3) is 5.57 Å². The molecule has 0 saturated heterocycles. The van der Waals surface area contributed by atoms with Gasteiger partial charge < -0.3 is 0 Å². The molecule has 0 aliphatic heterocycles. The third-order valence-electron chi connectivity index (χ3n) is 2.17. The van der Waals surface area contributed by atoms with Gasteiger partial charge in [0.25, 0.3) is 0 Å². The molecule has 2 aromatic rings. The highest BCUT2D eigenvalue weighted by Crippen LogP contribution is 2.26. The van der Waals surface area contributed by atoms with Gasteiger partial charge in [0.15, 0.2) is 0 Å². The van der Waals surface area contributed by atoms with Crippen molar-refractivity contribution in [2.45, 2.75) is 0 Å². The van der Waals surface area contributed by atoms with Crippen LogP contribution in [0.5, 0.6) is 0 Å². The minimum absolute atomic E-state index is 0.702. The number of rotatable bonds is 2. The summed E-state index contributed by atoms with van der Waals surface area (Å²) in [5.74, 6) is 0. The monoisotopic (exact) mass is 215 g/mol. The van der Waals surface area contributed by atoms with E-state index in [1.165, 1.54) is 0 Å². The van der Waals surface area contributed by atoms with Crippen molar-refractivity contribution in [3.63, 3.8) is 0 Å². The highest BCUT2D eigenvalue weighted by atomic mass is 35.5. The van der Waals surface area contributed by atoms with Crippen LogP contribution in [0.15, 0.2) is 55.2 Å². The molecule has 1 aromatic carbocycles. The first-order valence-electron chi connectivity index (χ1n) is 4.64. The summed E-state index contributed by atoms with van der Waals surface area (Å²) in [4.78, 5) is 4.24. The molecular formula is C13H10ClN. The molecule has 0 spiro atoms. The van der Waals surface area contributed by atoms with Crippen molar-refractivity contribution < 1.29 is 0 Å². The Bertz CT molecular complexity index is 477. The molecule has 0 radical (unpaired) electrons. The van der Waals surface area contributed by atoms with Crippen LogP contribution in [0, 0.1) is 0 Å². The van der Waals surface area contributed by atoms with Crippen LogP contribution >= 0.6 is 11.6 Å². The molecule has 2 heteroatoms. The largest absolute Gasteiger partial charge is 0.256 e. The summed E-state index contributed by atoms with van der Waals surface area (Å²) < 4.78 is 0. The maximum Gasteiger partial charge on any atom is 0.0702 e. The molecule has 15 heavy (non-hydrogen) atoms. The molecule has 0 saturated carbocycles. The summed E-state index contributed by atoms with van der Waals surface area (Å²) in [6, 6.07) is 13.4. The average molecular weight is 216 g/mol. The molecule has 0 N–H and O–H groups in total. The summed E-state index contributed by atoms with van der Waals surface area (Å²) in [5.41, 5.74) is 2.63. The normalized spacial score (nSPS) is 9.93. The van der Waals surface area contributed by atoms with Crippen LogP contribution in [0.3, 0.4) is 0 Å². The van der Waals surface area contributed by atoms with E-state index in [9.17, 15) is 0 Å². The molecule has 74 valence electrons. The van der Waals surface area contributed by atoms with E-state index in [-0.39, 0.29) is 0 Å². The quantitative estimate of drug-likeness (QED) is 0.743. The second-order valence-electron chi connectivity index (χ2n) is 3.17. The van der Waals surface area contributed by atoms with Crippen molar-refractivity contribution in [3.8, 4) is 0 Å². The van der Waals surface area contributed by atoms with E-state index < -0.39 is 0 Å². The van der Waals surface area contributed by atoms with Crippen LogP contribution in [0.4, 0.5) is 0 Å². The lowest BCUT2D eigenvalue weighted by molar-refractivity contribution is 1.27. The van der Waals surface area contributed by atoms with Crippen LogP contribution in [0.1, 0.15) is 11.3 Å². The first kappa shape index (κ1) is 9.94. The number of hydrogen-bond acceptors (Lipinski definition) is 1. The van der Waals surface area contributed by atoms with Crippen LogP contribution < -0.4 is 0 Å². The number of aromatic nitrogens is 1. The smallest absolute Gasteiger partial charge is 0.0702 e. The van der Waals surface area contributed by atoms with Gasteiger partial charge in [0, 0.05) is 22.4 Å². The number of hydrogen-bond donors (Lipinski definition) is 0. The fourth-order valence-electron chi connectivity index (χ4n) is 1.39. The maximum atomic E-state index is 6.08. The van der Waals surface area contributed by atoms with Crippen molar-refractivity contribution >= 4 is 17.2 Å². The molecule has 0 atom stereocenters. The first-order chi connectivity index (χ1) is 7.29. The molecule has 0 aliphatic rings. The van der Waals surface area contributed by atoms with Crippen LogP contribution in [-0.4, -0.2) is 4.98 Å². The van der Waals surface area contributed by atoms with E-state index in [1.807, 2.05) is 42.5 Å². The number of benzene rings is 1. The molecule has 0 amide bonds. The Morgan fingerprint density at radius 3 is 2.47 bits per heavy atom. The molecule has 0 bridgehead atoms. The minimum Gasteiger partial charge on any atom is -0.256 e. The van der Waals surface area contributed by atoms with E-state index in [1.54, 1.807) is 6.20 Å². The summed E-state index contributed by atoms with van der Waals surface area (Å²) in [6.07, 6.45) is 1.75. The lowest BCUT2D eigenvalue weighted by Gasteiger charge is -2.06. The molecule has 2 rings (SSSR count). The lowest BCUT2D eigenvalue weighted by Crippen LogP contribution is -1.89. The Kier molecular flexibility index (Phi) is 2.84. The van der Waals surface area contributed by atoms with Gasteiger partial charge in [0.05, 0.1) is 5.69 Å². The van der Waals surface area contributed by atoms with Crippen LogP contribution in [0.2, 0.25) is 5.02 Å². The summed E-state index contributed by atoms with van der Waals surface area (Å²) in [6.45, 7) is 4.01. The van der Waals surface area contributed by atoms with Gasteiger partial charge in [-0.3, -0.25) is 4.98 Å². The van der Waals surface area contributed by atoms with Crippen molar-refractivity contribution in [1.29, 1.82) is 0 Å². The predicted molar refractivity (Wildman–Crippen MR) is 63.8 cm³/mol. The molecule has 0 fully saturated rings. The van der Waals surface area contributed by atoms with E-state index in [2.05, 4.69) is 11.6 Å². The molecular weight excluding hydrogens is 206 g/mol. The SMILES string of the molecule is C=C(c1ccccn1)c1ccccc1Cl. The Morgan fingerprint density at radius 1 is 1.07 bits per heavy atom. The number of pyridine rings is 1. The summed E-state index contributed by atoms with van der Waals surface area (Å²) >= 11 is 6.08. The van der Waals surface area contributed by atoms with Crippen molar-refractivity contribution in [3.05, 3.63) is 71.5 Å². The second kappa shape index (κ2) is 4.28. The lowest BCUT2D eigenvalue weighted by atomic mass is 10.0. The maximum absolute atomic E-state index is 6.08. The highest BCUT2D eigenvalue weighted by Gasteiger charge is 2.05. The average Bonchev–Trinajstić information content (AvgIpc) is 2.30. The zero-order valence-corrected chi connectivity index (χ0v) is 8.91. The van der Waals surface area contributed by atoms with Gasteiger partial charge >= 0.3 is 0 Å². The summed E-state index contributed by atoms with van der Waals surface area (Å²) in [7, 11) is 0. The predicted octanol–water partition coefficient (Wildman–Crippen LogP) is 3.80. The third-order valence-corrected chi connectivity index (χ3v) is 2.50. The number of halogens is 1. The van der Waals surface area contributed by atoms with Gasteiger partial charge in [0.1, 0.15) is 0 Å². The van der Waals surface area contributed by atoms with Gasteiger partial charge in [-0.2, -0.15) is 0 Å². The van der Waals surface area contributed by atoms with E-state index in [0.717, 1.165) is 16.8 Å². The standard InChI is InChI=1S/C13H10ClN/c1-10(13-8-4-5-9-15-13)11-6-2-3-7-12(11)14/h2-9H,1H2. The van der Waals surface area contributed by atoms with Crippen molar-refractivity contribution in [2.75, 3.05) is 0 Å². The van der Waals surface area contributed by atoms with E-state index in [0.29, 0.717) is 5.02 Å². The molecule has 1 nitrogen and oxygen atoms in total. The summed E-state index contributed by atoms with van der Waals surface area (Å²) in [5, 5.41) is 0.702. The fraction of sp³-hybridized carbons (Fsp3) is 0. The fourth-order valence-corrected chi connectivity index (χ4v) is 1.63. The van der Waals surface area contributed by atoms with E-state index in [4.69, 9.17) is 11.6 Å². The molecule has 0 aliphatic carbocycles. The van der Waals surface area contributed by atoms with Gasteiger partial charge in [-0.1, -0.05) is 42.4 Å². The van der Waals surface area contributed by atoms with Gasteiger partial charge in [-0.25, -0.2) is 0 Å². The minimum atomic E-state index is 0.702. The Morgan fingerprint density at radius 2 is 1.80 bits per heavy atom. The zero-order chi connectivity index (χ0) is 10.7. The van der Waals surface area contributed by atoms with Gasteiger partial charge in [0.2, 0.25) is 0 Å². The van der Waals surface area contributed by atoms with Gasteiger partial charge in [-0.15, -0.1) is 0 Å². The van der Waals surface area contributed by atoms with E-state index >= 15 is 0 Å². The zero-order valence-electron chi connectivity index (χ0n) is 8.15. The second-order valence-corrected chi connectivity index (χ2v) is 3.58. The highest BCUT2D eigenvalue weighted by molar-refractivity contribution is 6.32. The molecule has 1 aromatic heterocycles. The Balaban J connectivity index is 2.42. The molecule has 1 heterocycles. The molecule has 0 unspecified atom stereocenters. The van der Waals surface area contributed by atoms with Crippen molar-refractivity contribution in [2.24, 2.45) is 0 Å². The van der Waals surface area contributed by atoms with Gasteiger partial charge in [-0.05, 0) is 18.2 Å². The number of nitrogens with zero attached hydrogens (tertiary/aromatic N) is 1. The Labute approximate surface area is 94.1 Å². The topological polar surface area (TPSA) is 12.9 Å². The third kappa shape index (κ3) is 2.08.